The number of methoxy groups -OCH3 is 1. The Morgan fingerprint density at radius 2 is 2.07 bits per heavy atom. The molecule has 3 nitrogen and oxygen atoms in total. The van der Waals surface area contributed by atoms with Crippen LogP contribution in [0.2, 0.25) is 0 Å². The second-order valence-electron chi connectivity index (χ2n) is 3.25. The zero-order valence-corrected chi connectivity index (χ0v) is 8.78. The molecule has 0 fully saturated rings. The van der Waals surface area contributed by atoms with Gasteiger partial charge in [-0.3, -0.25) is 0 Å². The molecule has 14 heavy (non-hydrogen) atoms. The number of hydrogen-bond donors (Lipinski definition) is 0. The summed E-state index contributed by atoms with van der Waals surface area (Å²) in [6.45, 7) is 2.61. The lowest BCUT2D eigenvalue weighted by Crippen LogP contribution is -2.26. The second-order valence-corrected chi connectivity index (χ2v) is 3.25. The van der Waals surface area contributed by atoms with Crippen LogP contribution in [0, 0.1) is 6.92 Å². The van der Waals surface area contributed by atoms with Gasteiger partial charge in [-0.25, -0.2) is 4.79 Å². The Kier molecular flexibility index (Phi) is 3.51. The summed E-state index contributed by atoms with van der Waals surface area (Å²) >= 11 is 0. The molecule has 0 saturated carbocycles. The van der Waals surface area contributed by atoms with Gasteiger partial charge in [-0.15, -0.1) is 0 Å². The Bertz CT molecular complexity index is 323. The largest absolute Gasteiger partial charge is 0.453 e. The molecule has 0 aromatic heterocycles. The molecule has 76 valence electrons. The van der Waals surface area contributed by atoms with Gasteiger partial charge in [-0.05, 0) is 18.1 Å². The van der Waals surface area contributed by atoms with Crippen LogP contribution >= 0.6 is 0 Å². The van der Waals surface area contributed by atoms with Gasteiger partial charge >= 0.3 is 6.09 Å². The third kappa shape index (κ3) is 2.49. The van der Waals surface area contributed by atoms with E-state index in [2.05, 4.69) is 4.74 Å². The number of carbonyl (C=O) groups excluding carboxylic acids is 1. The van der Waals surface area contributed by atoms with E-state index in [0.29, 0.717) is 6.54 Å². The predicted molar refractivity (Wildman–Crippen MR) is 55.1 cm³/mol. The summed E-state index contributed by atoms with van der Waals surface area (Å²) in [7, 11) is 3.11. The lowest BCUT2D eigenvalue weighted by molar-refractivity contribution is 0.131. The van der Waals surface area contributed by atoms with Crippen molar-refractivity contribution in [1.29, 1.82) is 0 Å². The third-order valence-corrected chi connectivity index (χ3v) is 2.16. The average molecular weight is 193 g/mol. The Morgan fingerprint density at radius 1 is 1.43 bits per heavy atom. The first kappa shape index (κ1) is 10.6. The summed E-state index contributed by atoms with van der Waals surface area (Å²) < 4.78 is 4.61. The highest BCUT2D eigenvalue weighted by atomic mass is 16.5. The van der Waals surface area contributed by atoms with Gasteiger partial charge in [0.05, 0.1) is 7.11 Å². The number of carbonyl (C=O) groups is 1. The highest BCUT2D eigenvalue weighted by Gasteiger charge is 2.08. The summed E-state index contributed by atoms with van der Waals surface area (Å²) in [5.41, 5.74) is 2.32. The zero-order chi connectivity index (χ0) is 10.6. The van der Waals surface area contributed by atoms with Gasteiger partial charge in [0.25, 0.3) is 0 Å². The topological polar surface area (TPSA) is 29.5 Å². The molecule has 0 spiro atoms. The van der Waals surface area contributed by atoms with Gasteiger partial charge in [0.15, 0.2) is 0 Å². The lowest BCUT2D eigenvalue weighted by Gasteiger charge is -2.16. The van der Waals surface area contributed by atoms with Gasteiger partial charge in [0, 0.05) is 13.6 Å². The van der Waals surface area contributed by atoms with E-state index < -0.39 is 0 Å². The maximum Gasteiger partial charge on any atom is 0.409 e. The second kappa shape index (κ2) is 4.65. The minimum absolute atomic E-state index is 0.312. The SMILES string of the molecule is COC(=O)N(C)Cc1ccccc1C. The smallest absolute Gasteiger partial charge is 0.409 e. The average Bonchev–Trinajstić information content (AvgIpc) is 2.20. The number of nitrogens with zero attached hydrogens (tertiary/aromatic N) is 1. The molecule has 1 aromatic rings. The van der Waals surface area contributed by atoms with Crippen LogP contribution in [0.5, 0.6) is 0 Å². The molecule has 0 aliphatic heterocycles. The van der Waals surface area contributed by atoms with Crippen LogP contribution in [0.25, 0.3) is 0 Å². The van der Waals surface area contributed by atoms with Gasteiger partial charge in [0.1, 0.15) is 0 Å². The van der Waals surface area contributed by atoms with E-state index in [1.165, 1.54) is 12.7 Å². The molecule has 0 saturated heterocycles. The molecule has 1 amide bonds. The number of benzene rings is 1. The fourth-order valence-electron chi connectivity index (χ4n) is 1.26. The summed E-state index contributed by atoms with van der Waals surface area (Å²) in [4.78, 5) is 12.7. The number of amides is 1. The normalized spacial score (nSPS) is 9.64. The van der Waals surface area contributed by atoms with E-state index in [0.717, 1.165) is 5.56 Å². The van der Waals surface area contributed by atoms with Crippen molar-refractivity contribution in [3.8, 4) is 0 Å². The first-order valence-corrected chi connectivity index (χ1v) is 4.48. The first-order chi connectivity index (χ1) is 6.65. The van der Waals surface area contributed by atoms with E-state index in [-0.39, 0.29) is 6.09 Å². The molecule has 1 rings (SSSR count). The van der Waals surface area contributed by atoms with Crippen molar-refractivity contribution in [2.24, 2.45) is 0 Å². The highest BCUT2D eigenvalue weighted by Crippen LogP contribution is 2.09. The lowest BCUT2D eigenvalue weighted by atomic mass is 10.1. The Morgan fingerprint density at radius 3 is 2.64 bits per heavy atom. The van der Waals surface area contributed by atoms with E-state index in [4.69, 9.17) is 0 Å². The molecule has 0 aliphatic carbocycles. The number of rotatable bonds is 2. The van der Waals surface area contributed by atoms with Crippen LogP contribution in [0.15, 0.2) is 24.3 Å². The molecular weight excluding hydrogens is 178 g/mol. The fourth-order valence-corrected chi connectivity index (χ4v) is 1.26. The summed E-state index contributed by atoms with van der Waals surface area (Å²) in [6, 6.07) is 7.99. The fraction of sp³-hybridized carbons (Fsp3) is 0.364. The standard InChI is InChI=1S/C11H15NO2/c1-9-6-4-5-7-10(9)8-12(2)11(13)14-3/h4-7H,8H2,1-3H3. The van der Waals surface area contributed by atoms with Crippen LogP contribution in [-0.2, 0) is 11.3 Å². The van der Waals surface area contributed by atoms with Gasteiger partial charge in [-0.2, -0.15) is 0 Å². The van der Waals surface area contributed by atoms with Crippen molar-refractivity contribution in [3.05, 3.63) is 35.4 Å². The van der Waals surface area contributed by atoms with E-state index in [9.17, 15) is 4.79 Å². The first-order valence-electron chi connectivity index (χ1n) is 4.48. The van der Waals surface area contributed by atoms with Crippen LogP contribution in [0.4, 0.5) is 4.79 Å². The Hall–Kier alpha value is -1.51. The summed E-state index contributed by atoms with van der Waals surface area (Å²) in [6.07, 6.45) is -0.312. The molecular formula is C11H15NO2. The van der Waals surface area contributed by atoms with E-state index >= 15 is 0 Å². The minimum atomic E-state index is -0.312. The molecule has 0 aliphatic rings. The third-order valence-electron chi connectivity index (χ3n) is 2.16. The van der Waals surface area contributed by atoms with Gasteiger partial charge < -0.3 is 9.64 Å². The van der Waals surface area contributed by atoms with Crippen molar-refractivity contribution in [1.82, 2.24) is 4.90 Å². The molecule has 0 radical (unpaired) electrons. The molecule has 0 N–H and O–H groups in total. The van der Waals surface area contributed by atoms with Crippen molar-refractivity contribution in [2.45, 2.75) is 13.5 Å². The van der Waals surface area contributed by atoms with Gasteiger partial charge in [0.2, 0.25) is 0 Å². The number of hydrogen-bond acceptors (Lipinski definition) is 2. The zero-order valence-electron chi connectivity index (χ0n) is 8.78. The maximum atomic E-state index is 11.1. The van der Waals surface area contributed by atoms with Crippen molar-refractivity contribution >= 4 is 6.09 Å². The Labute approximate surface area is 84.3 Å². The van der Waals surface area contributed by atoms with Crippen LogP contribution in [0.3, 0.4) is 0 Å². The molecule has 0 bridgehead atoms. The molecule has 0 atom stereocenters. The molecule has 3 heteroatoms. The van der Waals surface area contributed by atoms with Gasteiger partial charge in [-0.1, -0.05) is 24.3 Å². The van der Waals surface area contributed by atoms with Crippen molar-refractivity contribution < 1.29 is 9.53 Å². The summed E-state index contributed by atoms with van der Waals surface area (Å²) in [5, 5.41) is 0. The van der Waals surface area contributed by atoms with Crippen molar-refractivity contribution in [2.75, 3.05) is 14.2 Å². The summed E-state index contributed by atoms with van der Waals surface area (Å²) in [5.74, 6) is 0. The Balaban J connectivity index is 2.69. The highest BCUT2D eigenvalue weighted by molar-refractivity contribution is 5.67. The van der Waals surface area contributed by atoms with E-state index in [1.54, 1.807) is 11.9 Å². The van der Waals surface area contributed by atoms with Crippen LogP contribution < -0.4 is 0 Å². The monoisotopic (exact) mass is 193 g/mol. The minimum Gasteiger partial charge on any atom is -0.453 e. The quantitative estimate of drug-likeness (QED) is 0.720. The van der Waals surface area contributed by atoms with Crippen LogP contribution in [0.1, 0.15) is 11.1 Å². The number of aryl methyl sites for hydroxylation is 1. The molecule has 1 aromatic carbocycles. The number of ether oxygens (including phenoxy) is 1. The predicted octanol–water partition coefficient (Wildman–Crippen LogP) is 2.19. The van der Waals surface area contributed by atoms with Crippen LogP contribution in [-0.4, -0.2) is 25.2 Å². The maximum absolute atomic E-state index is 11.1. The molecule has 0 heterocycles. The van der Waals surface area contributed by atoms with Crippen molar-refractivity contribution in [3.63, 3.8) is 0 Å². The van der Waals surface area contributed by atoms with E-state index in [1.807, 2.05) is 31.2 Å². The molecule has 0 unspecified atom stereocenters.